The Balaban J connectivity index is 1.95. The van der Waals surface area contributed by atoms with Crippen LogP contribution in [-0.2, 0) is 14.3 Å². The molecular weight excluding hydrogens is 246 g/mol. The van der Waals surface area contributed by atoms with Crippen LogP contribution in [0, 0.1) is 0 Å². The van der Waals surface area contributed by atoms with E-state index in [9.17, 15) is 14.7 Å². The second kappa shape index (κ2) is 6.89. The normalized spacial score (nSPS) is 28.7. The molecule has 0 aromatic heterocycles. The average Bonchev–Trinajstić information content (AvgIpc) is 2.65. The van der Waals surface area contributed by atoms with Gasteiger partial charge in [0.05, 0.1) is 12.5 Å². The van der Waals surface area contributed by atoms with Gasteiger partial charge in [0, 0.05) is 13.2 Å². The number of aliphatic carboxylic acids is 1. The number of carboxylic acids is 1. The van der Waals surface area contributed by atoms with Crippen LogP contribution >= 0.6 is 0 Å². The van der Waals surface area contributed by atoms with Gasteiger partial charge in [0.15, 0.2) is 0 Å². The van der Waals surface area contributed by atoms with E-state index < -0.39 is 12.0 Å². The summed E-state index contributed by atoms with van der Waals surface area (Å²) >= 11 is 0. The number of rotatable bonds is 3. The van der Waals surface area contributed by atoms with E-state index in [1.54, 1.807) is 4.90 Å². The van der Waals surface area contributed by atoms with E-state index in [0.29, 0.717) is 19.4 Å². The molecule has 2 fully saturated rings. The Labute approximate surface area is 113 Å². The fourth-order valence-electron chi connectivity index (χ4n) is 2.94. The number of ether oxygens (including phenoxy) is 1. The van der Waals surface area contributed by atoms with Crippen molar-refractivity contribution in [2.45, 2.75) is 63.5 Å². The van der Waals surface area contributed by atoms with Crippen molar-refractivity contribution >= 4 is 11.9 Å². The van der Waals surface area contributed by atoms with Gasteiger partial charge in [-0.2, -0.15) is 0 Å². The first-order valence-electron chi connectivity index (χ1n) is 7.32. The van der Waals surface area contributed by atoms with Crippen LogP contribution in [0.1, 0.15) is 51.4 Å². The number of likely N-dealkylation sites (tertiary alicyclic amines) is 1. The predicted octanol–water partition coefficient (Wildman–Crippen LogP) is 1.80. The average molecular weight is 269 g/mol. The molecule has 2 unspecified atom stereocenters. The molecule has 0 radical (unpaired) electrons. The molecular formula is C14H23NO4. The first kappa shape index (κ1) is 14.3. The van der Waals surface area contributed by atoms with E-state index in [-0.39, 0.29) is 12.0 Å². The number of hydrogen-bond donors (Lipinski definition) is 1. The van der Waals surface area contributed by atoms with Crippen molar-refractivity contribution in [2.75, 3.05) is 13.2 Å². The lowest BCUT2D eigenvalue weighted by Gasteiger charge is -2.29. The Morgan fingerprint density at radius 3 is 2.58 bits per heavy atom. The molecule has 1 N–H and O–H groups in total. The van der Waals surface area contributed by atoms with Gasteiger partial charge in [0.1, 0.15) is 6.04 Å². The lowest BCUT2D eigenvalue weighted by Crippen LogP contribution is -2.46. The van der Waals surface area contributed by atoms with Gasteiger partial charge in [-0.1, -0.05) is 12.8 Å². The van der Waals surface area contributed by atoms with Crippen molar-refractivity contribution in [3.05, 3.63) is 0 Å². The maximum absolute atomic E-state index is 12.3. The molecule has 1 amide bonds. The third-order valence-electron chi connectivity index (χ3n) is 4.03. The fourth-order valence-corrected chi connectivity index (χ4v) is 2.94. The molecule has 0 aliphatic carbocycles. The largest absolute Gasteiger partial charge is 0.480 e. The molecule has 0 aromatic rings. The first-order chi connectivity index (χ1) is 9.18. The van der Waals surface area contributed by atoms with Crippen LogP contribution in [0.2, 0.25) is 0 Å². The number of carbonyl (C=O) groups is 2. The highest BCUT2D eigenvalue weighted by molar-refractivity contribution is 5.84. The Hall–Kier alpha value is -1.10. The first-order valence-corrected chi connectivity index (χ1v) is 7.32. The van der Waals surface area contributed by atoms with E-state index in [2.05, 4.69) is 0 Å². The zero-order valence-corrected chi connectivity index (χ0v) is 11.3. The predicted molar refractivity (Wildman–Crippen MR) is 69.8 cm³/mol. The molecule has 2 rings (SSSR count). The number of nitrogens with zero attached hydrogens (tertiary/aromatic N) is 1. The molecule has 2 atom stereocenters. The highest BCUT2D eigenvalue weighted by atomic mass is 16.5. The summed E-state index contributed by atoms with van der Waals surface area (Å²) in [5.41, 5.74) is 0. The van der Waals surface area contributed by atoms with Crippen LogP contribution in [0.3, 0.4) is 0 Å². The van der Waals surface area contributed by atoms with Crippen LogP contribution in [0.15, 0.2) is 0 Å². The van der Waals surface area contributed by atoms with Crippen LogP contribution in [-0.4, -0.2) is 47.2 Å². The smallest absolute Gasteiger partial charge is 0.326 e. The second-order valence-corrected chi connectivity index (χ2v) is 5.48. The van der Waals surface area contributed by atoms with Crippen molar-refractivity contribution < 1.29 is 19.4 Å². The number of amides is 1. The number of hydrogen-bond acceptors (Lipinski definition) is 3. The lowest BCUT2D eigenvalue weighted by atomic mass is 10.0. The quantitative estimate of drug-likeness (QED) is 0.848. The lowest BCUT2D eigenvalue weighted by molar-refractivity contribution is -0.151. The standard InChI is InChI=1S/C14H23NO4/c16-13(10-11-6-3-5-9-19-11)15-8-4-1-2-7-12(15)14(17)18/h11-12H,1-10H2,(H,17,18). The highest BCUT2D eigenvalue weighted by Crippen LogP contribution is 2.21. The summed E-state index contributed by atoms with van der Waals surface area (Å²) in [6.45, 7) is 1.29. The fraction of sp³-hybridized carbons (Fsp3) is 0.857. The third-order valence-corrected chi connectivity index (χ3v) is 4.03. The topological polar surface area (TPSA) is 66.8 Å². The van der Waals surface area contributed by atoms with Crippen molar-refractivity contribution in [3.63, 3.8) is 0 Å². The zero-order valence-electron chi connectivity index (χ0n) is 11.3. The minimum Gasteiger partial charge on any atom is -0.480 e. The summed E-state index contributed by atoms with van der Waals surface area (Å²) in [5, 5.41) is 9.26. The molecule has 5 nitrogen and oxygen atoms in total. The highest BCUT2D eigenvalue weighted by Gasteiger charge is 2.32. The molecule has 2 aliphatic rings. The molecule has 108 valence electrons. The van der Waals surface area contributed by atoms with Crippen LogP contribution in [0.5, 0.6) is 0 Å². The van der Waals surface area contributed by atoms with Crippen molar-refractivity contribution in [1.29, 1.82) is 0 Å². The molecule has 2 aliphatic heterocycles. The van der Waals surface area contributed by atoms with Gasteiger partial charge in [0.2, 0.25) is 5.91 Å². The van der Waals surface area contributed by atoms with Gasteiger partial charge in [-0.15, -0.1) is 0 Å². The number of carbonyl (C=O) groups excluding carboxylic acids is 1. The SMILES string of the molecule is O=C(O)C1CCCCCN1C(=O)CC1CCCCO1. The minimum absolute atomic E-state index is 0.0149. The van der Waals surface area contributed by atoms with Gasteiger partial charge in [-0.3, -0.25) is 4.79 Å². The summed E-state index contributed by atoms with van der Waals surface area (Å²) in [4.78, 5) is 25.2. The van der Waals surface area contributed by atoms with Gasteiger partial charge in [-0.25, -0.2) is 4.79 Å². The third kappa shape index (κ3) is 3.93. The van der Waals surface area contributed by atoms with Crippen LogP contribution in [0.4, 0.5) is 0 Å². The van der Waals surface area contributed by atoms with Crippen molar-refractivity contribution in [3.8, 4) is 0 Å². The number of carboxylic acid groups (broad SMARTS) is 1. The Morgan fingerprint density at radius 2 is 1.89 bits per heavy atom. The molecule has 19 heavy (non-hydrogen) atoms. The zero-order chi connectivity index (χ0) is 13.7. The van der Waals surface area contributed by atoms with Gasteiger partial charge in [-0.05, 0) is 32.1 Å². The Kier molecular flexibility index (Phi) is 5.19. The van der Waals surface area contributed by atoms with Crippen molar-refractivity contribution in [1.82, 2.24) is 4.90 Å². The Morgan fingerprint density at radius 1 is 1.11 bits per heavy atom. The maximum atomic E-state index is 12.3. The molecule has 5 heteroatoms. The summed E-state index contributed by atoms with van der Waals surface area (Å²) < 4.78 is 5.57. The summed E-state index contributed by atoms with van der Waals surface area (Å²) in [7, 11) is 0. The minimum atomic E-state index is -0.875. The van der Waals surface area contributed by atoms with E-state index >= 15 is 0 Å². The molecule has 0 bridgehead atoms. The molecule has 0 spiro atoms. The monoisotopic (exact) mass is 269 g/mol. The van der Waals surface area contributed by atoms with Gasteiger partial charge >= 0.3 is 5.97 Å². The molecule has 0 saturated carbocycles. The van der Waals surface area contributed by atoms with Gasteiger partial charge in [0.25, 0.3) is 0 Å². The molecule has 2 heterocycles. The second-order valence-electron chi connectivity index (χ2n) is 5.48. The van der Waals surface area contributed by atoms with E-state index in [1.165, 1.54) is 0 Å². The van der Waals surface area contributed by atoms with Gasteiger partial charge < -0.3 is 14.7 Å². The maximum Gasteiger partial charge on any atom is 0.326 e. The van der Waals surface area contributed by atoms with Crippen LogP contribution < -0.4 is 0 Å². The van der Waals surface area contributed by atoms with E-state index in [0.717, 1.165) is 45.1 Å². The summed E-state index contributed by atoms with van der Waals surface area (Å²) in [6.07, 6.45) is 6.77. The summed E-state index contributed by atoms with van der Waals surface area (Å²) in [5.74, 6) is -0.930. The van der Waals surface area contributed by atoms with E-state index in [4.69, 9.17) is 4.74 Å². The van der Waals surface area contributed by atoms with E-state index in [1.807, 2.05) is 0 Å². The summed E-state index contributed by atoms with van der Waals surface area (Å²) in [6, 6.07) is -0.640. The van der Waals surface area contributed by atoms with Crippen LogP contribution in [0.25, 0.3) is 0 Å². The molecule has 2 saturated heterocycles. The molecule has 0 aromatic carbocycles. The van der Waals surface area contributed by atoms with Crippen molar-refractivity contribution in [2.24, 2.45) is 0 Å². The Bertz CT molecular complexity index is 325.